The van der Waals surface area contributed by atoms with Crippen LogP contribution in [0.5, 0.6) is 0 Å². The molecule has 0 saturated carbocycles. The van der Waals surface area contributed by atoms with Crippen molar-refractivity contribution < 1.29 is 18.3 Å². The number of aliphatic imine (C=N–C) groups is 1. The smallest absolute Gasteiger partial charge is 0.331 e. The molecule has 2 rings (SSSR count). The van der Waals surface area contributed by atoms with Crippen LogP contribution in [0.4, 0.5) is 8.78 Å². The van der Waals surface area contributed by atoms with Crippen molar-refractivity contribution in [2.75, 3.05) is 6.61 Å². The van der Waals surface area contributed by atoms with Crippen molar-refractivity contribution in [3.05, 3.63) is 22.4 Å². The zero-order valence-corrected chi connectivity index (χ0v) is 17.2. The number of hydrogen-bond donors (Lipinski definition) is 0. The number of carbonyl (C=O) groups excluding carboxylic acids is 1. The van der Waals surface area contributed by atoms with E-state index in [0.29, 0.717) is 12.1 Å². The molecule has 1 aromatic rings. The Bertz CT molecular complexity index is 601. The van der Waals surface area contributed by atoms with Crippen LogP contribution in [0.1, 0.15) is 76.5 Å². The van der Waals surface area contributed by atoms with E-state index < -0.39 is 23.9 Å². The maximum Gasteiger partial charge on any atom is 0.331 e. The summed E-state index contributed by atoms with van der Waals surface area (Å²) in [5.74, 6) is -4.65. The number of hydrogen-bond acceptors (Lipinski definition) is 4. The molecule has 0 aromatic carbocycles. The van der Waals surface area contributed by atoms with Crippen LogP contribution in [-0.4, -0.2) is 30.3 Å². The van der Waals surface area contributed by atoms with Gasteiger partial charge in [0.05, 0.1) is 18.2 Å². The van der Waals surface area contributed by atoms with Crippen molar-refractivity contribution in [3.63, 3.8) is 0 Å². The Morgan fingerprint density at radius 3 is 2.56 bits per heavy atom. The van der Waals surface area contributed by atoms with Gasteiger partial charge in [-0.3, -0.25) is 4.99 Å². The van der Waals surface area contributed by atoms with Crippen molar-refractivity contribution in [1.29, 1.82) is 0 Å². The SMILES string of the molecule is CCCCCCCCCC(F)(F)[C@H]1CC(c2cccs2)=N[C@@H]1C(=O)OCC. The van der Waals surface area contributed by atoms with Crippen LogP contribution in [0.2, 0.25) is 0 Å². The fraction of sp³-hybridized carbons (Fsp3) is 0.714. The van der Waals surface area contributed by atoms with E-state index in [2.05, 4.69) is 11.9 Å². The Labute approximate surface area is 165 Å². The van der Waals surface area contributed by atoms with E-state index in [1.54, 1.807) is 6.92 Å². The van der Waals surface area contributed by atoms with Crippen molar-refractivity contribution in [2.24, 2.45) is 10.9 Å². The Balaban J connectivity index is 1.95. The molecule has 27 heavy (non-hydrogen) atoms. The minimum atomic E-state index is -2.91. The van der Waals surface area contributed by atoms with Crippen molar-refractivity contribution >= 4 is 23.0 Å². The third-order valence-electron chi connectivity index (χ3n) is 5.08. The molecular formula is C21H31F2NO2S. The average molecular weight is 400 g/mol. The molecule has 6 heteroatoms. The maximum absolute atomic E-state index is 14.9. The van der Waals surface area contributed by atoms with E-state index in [1.165, 1.54) is 30.6 Å². The van der Waals surface area contributed by atoms with Crippen LogP contribution in [-0.2, 0) is 9.53 Å². The molecular weight excluding hydrogens is 368 g/mol. The van der Waals surface area contributed by atoms with E-state index in [9.17, 15) is 13.6 Å². The quantitative estimate of drug-likeness (QED) is 0.307. The zero-order chi connectivity index (χ0) is 19.7. The fourth-order valence-electron chi connectivity index (χ4n) is 3.57. The van der Waals surface area contributed by atoms with Gasteiger partial charge in [-0.15, -0.1) is 11.3 Å². The molecule has 0 bridgehead atoms. The molecule has 1 aromatic heterocycles. The van der Waals surface area contributed by atoms with Crippen LogP contribution < -0.4 is 0 Å². The summed E-state index contributed by atoms with van der Waals surface area (Å²) in [6, 6.07) is 2.63. The van der Waals surface area contributed by atoms with Crippen molar-refractivity contribution in [3.8, 4) is 0 Å². The topological polar surface area (TPSA) is 38.7 Å². The van der Waals surface area contributed by atoms with Gasteiger partial charge >= 0.3 is 5.97 Å². The standard InChI is InChI=1S/C21H31F2NO2S/c1-3-5-6-7-8-9-10-13-21(22,23)16-15-17(18-12-11-14-27-18)24-19(16)20(25)26-4-2/h11-12,14,16,19H,3-10,13,15H2,1-2H3/t16-,19-/m0/s1. The molecule has 0 saturated heterocycles. The Kier molecular flexibility index (Phi) is 8.87. The zero-order valence-electron chi connectivity index (χ0n) is 16.4. The predicted octanol–water partition coefficient (Wildman–Crippen LogP) is 6.26. The lowest BCUT2D eigenvalue weighted by Gasteiger charge is -2.26. The molecule has 0 N–H and O–H groups in total. The second kappa shape index (κ2) is 10.9. The molecule has 0 spiro atoms. The van der Waals surface area contributed by atoms with E-state index in [0.717, 1.165) is 24.1 Å². The molecule has 0 aliphatic carbocycles. The van der Waals surface area contributed by atoms with E-state index in [-0.39, 0.29) is 19.4 Å². The first-order valence-corrected chi connectivity index (χ1v) is 11.0. The highest BCUT2D eigenvalue weighted by Gasteiger charge is 2.50. The molecule has 2 heterocycles. The summed E-state index contributed by atoms with van der Waals surface area (Å²) in [6.45, 7) is 4.02. The second-order valence-corrected chi connectivity index (χ2v) is 8.14. The van der Waals surface area contributed by atoms with Gasteiger partial charge in [0.25, 0.3) is 5.92 Å². The van der Waals surface area contributed by atoms with Gasteiger partial charge in [0, 0.05) is 17.7 Å². The third kappa shape index (κ3) is 6.37. The first kappa shape index (κ1) is 22.0. The highest BCUT2D eigenvalue weighted by atomic mass is 32.1. The number of nitrogens with zero attached hydrogens (tertiary/aromatic N) is 1. The number of alkyl halides is 2. The van der Waals surface area contributed by atoms with Gasteiger partial charge in [-0.2, -0.15) is 0 Å². The first-order chi connectivity index (χ1) is 13.0. The molecule has 1 aliphatic heterocycles. The van der Waals surface area contributed by atoms with Crippen molar-refractivity contribution in [1.82, 2.24) is 0 Å². The number of carbonyl (C=O) groups is 1. The van der Waals surface area contributed by atoms with Gasteiger partial charge in [0.2, 0.25) is 0 Å². The van der Waals surface area contributed by atoms with Gasteiger partial charge in [-0.05, 0) is 24.8 Å². The Morgan fingerprint density at radius 1 is 1.22 bits per heavy atom. The summed E-state index contributed by atoms with van der Waals surface area (Å²) in [5, 5.41) is 1.89. The fourth-order valence-corrected chi connectivity index (χ4v) is 4.30. The summed E-state index contributed by atoms with van der Waals surface area (Å²) in [7, 11) is 0. The van der Waals surface area contributed by atoms with E-state index in [1.807, 2.05) is 17.5 Å². The summed E-state index contributed by atoms with van der Waals surface area (Å²) in [4.78, 5) is 17.4. The number of rotatable bonds is 12. The largest absolute Gasteiger partial charge is 0.464 e. The highest BCUT2D eigenvalue weighted by Crippen LogP contribution is 2.41. The lowest BCUT2D eigenvalue weighted by molar-refractivity contribution is -0.151. The third-order valence-corrected chi connectivity index (χ3v) is 6.00. The van der Waals surface area contributed by atoms with Gasteiger partial charge < -0.3 is 4.74 Å². The van der Waals surface area contributed by atoms with Crippen molar-refractivity contribution in [2.45, 2.75) is 83.6 Å². The average Bonchev–Trinajstić information content (AvgIpc) is 3.30. The highest BCUT2D eigenvalue weighted by molar-refractivity contribution is 7.12. The molecule has 0 radical (unpaired) electrons. The van der Waals surface area contributed by atoms with Gasteiger partial charge in [-0.25, -0.2) is 13.6 Å². The number of esters is 1. The molecule has 0 amide bonds. The second-order valence-electron chi connectivity index (χ2n) is 7.19. The van der Waals surface area contributed by atoms with Crippen LogP contribution in [0, 0.1) is 5.92 Å². The number of ether oxygens (including phenoxy) is 1. The lowest BCUT2D eigenvalue weighted by Crippen LogP contribution is -2.39. The summed E-state index contributed by atoms with van der Waals surface area (Å²) in [5.41, 5.74) is 0.604. The predicted molar refractivity (Wildman–Crippen MR) is 107 cm³/mol. The monoisotopic (exact) mass is 399 g/mol. The maximum atomic E-state index is 14.9. The Morgan fingerprint density at radius 2 is 1.93 bits per heavy atom. The summed E-state index contributed by atoms with van der Waals surface area (Å²) in [6.07, 6.45) is 6.93. The van der Waals surface area contributed by atoms with Gasteiger partial charge in [0.1, 0.15) is 0 Å². The first-order valence-electron chi connectivity index (χ1n) is 10.1. The molecule has 2 atom stereocenters. The lowest BCUT2D eigenvalue weighted by atomic mass is 9.87. The molecule has 1 aliphatic rings. The molecule has 0 fully saturated rings. The van der Waals surface area contributed by atoms with E-state index >= 15 is 0 Å². The number of thiophene rings is 1. The van der Waals surface area contributed by atoms with E-state index in [4.69, 9.17) is 4.74 Å². The minimum Gasteiger partial charge on any atom is -0.464 e. The number of unbranched alkanes of at least 4 members (excludes halogenated alkanes) is 6. The molecule has 3 nitrogen and oxygen atoms in total. The van der Waals surface area contributed by atoms with Crippen LogP contribution >= 0.6 is 11.3 Å². The van der Waals surface area contributed by atoms with Gasteiger partial charge in [-0.1, -0.05) is 51.5 Å². The summed E-state index contributed by atoms with van der Waals surface area (Å²) >= 11 is 1.46. The van der Waals surface area contributed by atoms with Crippen LogP contribution in [0.15, 0.2) is 22.5 Å². The normalized spacial score (nSPS) is 19.9. The molecule has 0 unspecified atom stereocenters. The van der Waals surface area contributed by atoms with Crippen LogP contribution in [0.25, 0.3) is 0 Å². The van der Waals surface area contributed by atoms with Gasteiger partial charge in [0.15, 0.2) is 6.04 Å². The minimum absolute atomic E-state index is 0.132. The molecule has 152 valence electrons. The van der Waals surface area contributed by atoms with Crippen LogP contribution in [0.3, 0.4) is 0 Å². The number of halogens is 2. The summed E-state index contributed by atoms with van der Waals surface area (Å²) < 4.78 is 34.9. The Hall–Kier alpha value is -1.30.